The fourth-order valence-corrected chi connectivity index (χ4v) is 3.75. The number of thiazole rings is 1. The molecular weight excluding hydrogens is 418 g/mol. The molecule has 0 aliphatic carbocycles. The average molecular weight is 436 g/mol. The number of nitrogens with one attached hydrogen (secondary N) is 1. The van der Waals surface area contributed by atoms with E-state index in [2.05, 4.69) is 26.2 Å². The van der Waals surface area contributed by atoms with E-state index in [4.69, 9.17) is 4.74 Å². The van der Waals surface area contributed by atoms with E-state index in [-0.39, 0.29) is 12.6 Å². The molecule has 0 fully saturated rings. The van der Waals surface area contributed by atoms with Crippen molar-refractivity contribution in [2.45, 2.75) is 26.8 Å². The smallest absolute Gasteiger partial charge is 0.338 e. The molecule has 2 heterocycles. The fraction of sp³-hybridized carbons (Fsp3) is 0.278. The van der Waals surface area contributed by atoms with E-state index in [1.54, 1.807) is 13.8 Å². The first-order chi connectivity index (χ1) is 12.4. The summed E-state index contributed by atoms with van der Waals surface area (Å²) < 4.78 is 6.15. The van der Waals surface area contributed by atoms with Crippen LogP contribution >= 0.6 is 27.3 Å². The first-order valence-electron chi connectivity index (χ1n) is 8.08. The number of hydrogen-bond acceptors (Lipinski definition) is 5. The lowest BCUT2D eigenvalue weighted by atomic mass is 9.99. The van der Waals surface area contributed by atoms with Crippen molar-refractivity contribution >= 4 is 45.0 Å². The Bertz CT molecular complexity index is 876. The zero-order valence-electron chi connectivity index (χ0n) is 14.6. The van der Waals surface area contributed by atoms with E-state index in [1.165, 1.54) is 16.2 Å². The second-order valence-corrected chi connectivity index (χ2v) is 7.68. The SMILES string of the molecule is CCOC(=O)C1=C(C)N(c2ccc(Br)cc2)C(=O)N[C@@H]1c1csc(C)n1. The van der Waals surface area contributed by atoms with Gasteiger partial charge in [0.25, 0.3) is 0 Å². The molecule has 1 N–H and O–H groups in total. The number of carbonyl (C=O) groups is 2. The van der Waals surface area contributed by atoms with Gasteiger partial charge in [-0.25, -0.2) is 14.6 Å². The van der Waals surface area contributed by atoms with Gasteiger partial charge in [-0.3, -0.25) is 4.90 Å². The van der Waals surface area contributed by atoms with Crippen LogP contribution < -0.4 is 10.2 Å². The van der Waals surface area contributed by atoms with Crippen LogP contribution in [-0.2, 0) is 9.53 Å². The summed E-state index contributed by atoms with van der Waals surface area (Å²) in [6.45, 7) is 5.64. The summed E-state index contributed by atoms with van der Waals surface area (Å²) >= 11 is 4.86. The molecule has 3 rings (SSSR count). The maximum absolute atomic E-state index is 12.8. The van der Waals surface area contributed by atoms with Crippen LogP contribution in [0, 0.1) is 6.92 Å². The van der Waals surface area contributed by atoms with Gasteiger partial charge in [-0.2, -0.15) is 0 Å². The zero-order valence-corrected chi connectivity index (χ0v) is 17.0. The Morgan fingerprint density at radius 1 is 1.35 bits per heavy atom. The number of urea groups is 1. The second-order valence-electron chi connectivity index (χ2n) is 5.71. The molecule has 0 saturated heterocycles. The van der Waals surface area contributed by atoms with Crippen molar-refractivity contribution in [2.75, 3.05) is 11.5 Å². The maximum Gasteiger partial charge on any atom is 0.338 e. The number of allylic oxidation sites excluding steroid dienone is 1. The number of aromatic nitrogens is 1. The molecule has 8 heteroatoms. The molecule has 1 atom stereocenters. The predicted molar refractivity (Wildman–Crippen MR) is 104 cm³/mol. The van der Waals surface area contributed by atoms with E-state index < -0.39 is 12.0 Å². The van der Waals surface area contributed by atoms with Crippen molar-refractivity contribution in [3.63, 3.8) is 0 Å². The van der Waals surface area contributed by atoms with Crippen LogP contribution in [0.5, 0.6) is 0 Å². The maximum atomic E-state index is 12.8. The van der Waals surface area contributed by atoms with Crippen molar-refractivity contribution in [1.29, 1.82) is 0 Å². The molecule has 0 radical (unpaired) electrons. The minimum atomic E-state index is -0.627. The number of ether oxygens (including phenoxy) is 1. The molecule has 2 amide bonds. The van der Waals surface area contributed by atoms with Crippen molar-refractivity contribution < 1.29 is 14.3 Å². The summed E-state index contributed by atoms with van der Waals surface area (Å²) in [6, 6.07) is 6.37. The number of esters is 1. The quantitative estimate of drug-likeness (QED) is 0.725. The van der Waals surface area contributed by atoms with Gasteiger partial charge in [-0.1, -0.05) is 15.9 Å². The van der Waals surface area contributed by atoms with Crippen LogP contribution in [0.25, 0.3) is 0 Å². The molecule has 1 aliphatic rings. The lowest BCUT2D eigenvalue weighted by Gasteiger charge is -2.34. The first kappa shape index (κ1) is 18.6. The molecule has 1 aromatic carbocycles. The highest BCUT2D eigenvalue weighted by molar-refractivity contribution is 9.10. The van der Waals surface area contributed by atoms with Crippen molar-refractivity contribution in [1.82, 2.24) is 10.3 Å². The van der Waals surface area contributed by atoms with Crippen molar-refractivity contribution in [3.8, 4) is 0 Å². The second kappa shape index (κ2) is 7.59. The minimum Gasteiger partial charge on any atom is -0.463 e. The van der Waals surface area contributed by atoms with E-state index >= 15 is 0 Å². The van der Waals surface area contributed by atoms with Gasteiger partial charge >= 0.3 is 12.0 Å². The van der Waals surface area contributed by atoms with Gasteiger partial charge in [0.1, 0.15) is 6.04 Å². The highest BCUT2D eigenvalue weighted by Gasteiger charge is 2.38. The van der Waals surface area contributed by atoms with Crippen LogP contribution in [0.2, 0.25) is 0 Å². The molecule has 0 spiro atoms. The first-order valence-corrected chi connectivity index (χ1v) is 9.75. The van der Waals surface area contributed by atoms with E-state index in [1.807, 2.05) is 36.6 Å². The topological polar surface area (TPSA) is 71.5 Å². The third-order valence-corrected chi connectivity index (χ3v) is 5.32. The van der Waals surface area contributed by atoms with Gasteiger partial charge in [0, 0.05) is 15.5 Å². The van der Waals surface area contributed by atoms with E-state index in [9.17, 15) is 9.59 Å². The largest absolute Gasteiger partial charge is 0.463 e. The Kier molecular flexibility index (Phi) is 5.43. The van der Waals surface area contributed by atoms with Gasteiger partial charge in [-0.05, 0) is 45.0 Å². The van der Waals surface area contributed by atoms with Gasteiger partial charge in [0.15, 0.2) is 0 Å². The van der Waals surface area contributed by atoms with Gasteiger partial charge in [-0.15, -0.1) is 11.3 Å². The van der Waals surface area contributed by atoms with Gasteiger partial charge in [0.2, 0.25) is 0 Å². The number of halogens is 1. The molecule has 0 saturated carbocycles. The highest BCUT2D eigenvalue weighted by atomic mass is 79.9. The third-order valence-electron chi connectivity index (χ3n) is 4.00. The van der Waals surface area contributed by atoms with Crippen LogP contribution in [0.3, 0.4) is 0 Å². The average Bonchev–Trinajstić information content (AvgIpc) is 3.02. The van der Waals surface area contributed by atoms with Gasteiger partial charge < -0.3 is 10.1 Å². The highest BCUT2D eigenvalue weighted by Crippen LogP contribution is 2.34. The molecule has 6 nitrogen and oxygen atoms in total. The summed E-state index contributed by atoms with van der Waals surface area (Å²) in [4.78, 5) is 31.4. The Balaban J connectivity index is 2.11. The molecular formula is C18H18BrN3O3S. The minimum absolute atomic E-state index is 0.255. The molecule has 0 unspecified atom stereocenters. The van der Waals surface area contributed by atoms with Crippen molar-refractivity contribution in [2.24, 2.45) is 0 Å². The summed E-state index contributed by atoms with van der Waals surface area (Å²) in [7, 11) is 0. The summed E-state index contributed by atoms with van der Waals surface area (Å²) in [5.74, 6) is -0.456. The number of carbonyl (C=O) groups excluding carboxylic acids is 2. The number of amides is 2. The Morgan fingerprint density at radius 2 is 2.04 bits per heavy atom. The fourth-order valence-electron chi connectivity index (χ4n) is 2.85. The molecule has 2 aromatic rings. The van der Waals surface area contributed by atoms with Crippen LogP contribution in [0.1, 0.15) is 30.6 Å². The zero-order chi connectivity index (χ0) is 18.8. The number of hydrogen-bond donors (Lipinski definition) is 1. The summed E-state index contributed by atoms with van der Waals surface area (Å²) in [6.07, 6.45) is 0. The Labute approximate surface area is 164 Å². The lowest BCUT2D eigenvalue weighted by molar-refractivity contribution is -0.139. The van der Waals surface area contributed by atoms with E-state index in [0.29, 0.717) is 22.7 Å². The Morgan fingerprint density at radius 3 is 2.62 bits per heavy atom. The van der Waals surface area contributed by atoms with Crippen LogP contribution in [-0.4, -0.2) is 23.6 Å². The Hall–Kier alpha value is -2.19. The number of rotatable bonds is 4. The van der Waals surface area contributed by atoms with Crippen LogP contribution in [0.15, 0.2) is 45.4 Å². The van der Waals surface area contributed by atoms with Gasteiger partial charge in [0.05, 0.1) is 28.6 Å². The summed E-state index contributed by atoms with van der Waals surface area (Å²) in [5, 5.41) is 5.61. The summed E-state index contributed by atoms with van der Waals surface area (Å²) in [5.41, 5.74) is 2.22. The van der Waals surface area contributed by atoms with Crippen molar-refractivity contribution in [3.05, 3.63) is 56.1 Å². The lowest BCUT2D eigenvalue weighted by Crippen LogP contribution is -2.48. The number of benzene rings is 1. The number of nitrogens with zero attached hydrogens (tertiary/aromatic N) is 2. The van der Waals surface area contributed by atoms with E-state index in [0.717, 1.165) is 9.48 Å². The number of aryl methyl sites for hydroxylation is 1. The molecule has 1 aliphatic heterocycles. The monoisotopic (exact) mass is 435 g/mol. The normalized spacial score (nSPS) is 17.3. The molecule has 0 bridgehead atoms. The molecule has 1 aromatic heterocycles. The molecule has 136 valence electrons. The van der Waals surface area contributed by atoms with Crippen LogP contribution in [0.4, 0.5) is 10.5 Å². The predicted octanol–water partition coefficient (Wildman–Crippen LogP) is 4.32. The number of anilines is 1. The molecule has 26 heavy (non-hydrogen) atoms. The standard InChI is InChI=1S/C18H18BrN3O3S/c1-4-25-17(23)15-10(2)22(13-7-5-12(19)6-8-13)18(24)21-16(15)14-9-26-11(3)20-14/h5-9,16H,4H2,1-3H3,(H,21,24)/t16-/m1/s1. The third kappa shape index (κ3) is 3.52.